The summed E-state index contributed by atoms with van der Waals surface area (Å²) >= 11 is 0. The molecular formula is C28H29N5O. The van der Waals surface area contributed by atoms with E-state index in [-0.39, 0.29) is 11.9 Å². The molecule has 1 N–H and O–H groups in total. The number of fused-ring (bicyclic) bond motifs is 1. The maximum absolute atomic E-state index is 13.4. The molecule has 0 bridgehead atoms. The highest BCUT2D eigenvalue weighted by molar-refractivity contribution is 5.99. The van der Waals surface area contributed by atoms with E-state index in [0.29, 0.717) is 17.8 Å². The summed E-state index contributed by atoms with van der Waals surface area (Å²) in [6.45, 7) is 4.72. The lowest BCUT2D eigenvalue weighted by Gasteiger charge is -2.35. The summed E-state index contributed by atoms with van der Waals surface area (Å²) < 4.78 is 1.76. The second-order valence-corrected chi connectivity index (χ2v) is 8.67. The molecule has 0 spiro atoms. The maximum Gasteiger partial charge on any atom is 0.255 e. The van der Waals surface area contributed by atoms with Gasteiger partial charge >= 0.3 is 0 Å². The predicted molar refractivity (Wildman–Crippen MR) is 134 cm³/mol. The first-order chi connectivity index (χ1) is 16.7. The number of hydrogen-bond donors (Lipinski definition) is 1. The van der Waals surface area contributed by atoms with Gasteiger partial charge in [0, 0.05) is 49.8 Å². The van der Waals surface area contributed by atoms with Crippen LogP contribution < -0.4 is 5.32 Å². The average molecular weight is 452 g/mol. The summed E-state index contributed by atoms with van der Waals surface area (Å²) in [5.41, 5.74) is 5.74. The van der Waals surface area contributed by atoms with Gasteiger partial charge in [-0.1, -0.05) is 49.4 Å². The quantitative estimate of drug-likeness (QED) is 0.449. The van der Waals surface area contributed by atoms with E-state index in [4.69, 9.17) is 5.10 Å². The SMILES string of the molecule is CCC(CNC(=O)c1cn(-c2ccccc2)nc1-c1cccnc1)N1CCc2ccccc2C1. The van der Waals surface area contributed by atoms with Crippen LogP contribution >= 0.6 is 0 Å². The van der Waals surface area contributed by atoms with E-state index in [1.165, 1.54) is 11.1 Å². The van der Waals surface area contributed by atoms with E-state index >= 15 is 0 Å². The van der Waals surface area contributed by atoms with Gasteiger partial charge in [0.15, 0.2) is 0 Å². The Hall–Kier alpha value is -3.77. The molecule has 34 heavy (non-hydrogen) atoms. The molecule has 0 aliphatic carbocycles. The molecule has 1 atom stereocenters. The van der Waals surface area contributed by atoms with Crippen molar-refractivity contribution in [3.63, 3.8) is 0 Å². The van der Waals surface area contributed by atoms with E-state index < -0.39 is 0 Å². The summed E-state index contributed by atoms with van der Waals surface area (Å²) in [5.74, 6) is -0.114. The molecule has 6 heteroatoms. The van der Waals surface area contributed by atoms with Crippen molar-refractivity contribution >= 4 is 5.91 Å². The van der Waals surface area contributed by atoms with Crippen LogP contribution in [0, 0.1) is 0 Å². The van der Waals surface area contributed by atoms with Crippen LogP contribution in [0.5, 0.6) is 0 Å². The molecule has 1 amide bonds. The second kappa shape index (κ2) is 10.0. The van der Waals surface area contributed by atoms with Gasteiger partial charge in [-0.15, -0.1) is 0 Å². The van der Waals surface area contributed by atoms with Crippen molar-refractivity contribution in [2.45, 2.75) is 32.4 Å². The smallest absolute Gasteiger partial charge is 0.255 e. The molecule has 0 saturated carbocycles. The average Bonchev–Trinajstić information content (AvgIpc) is 3.36. The van der Waals surface area contributed by atoms with Crippen molar-refractivity contribution in [2.75, 3.05) is 13.1 Å². The summed E-state index contributed by atoms with van der Waals surface area (Å²) in [4.78, 5) is 20.1. The highest BCUT2D eigenvalue weighted by Crippen LogP contribution is 2.24. The number of hydrogen-bond acceptors (Lipinski definition) is 4. The molecule has 2 aromatic heterocycles. The standard InChI is InChI=1S/C28H29N5O/c1-2-24(32-16-14-21-9-6-7-10-23(21)19-32)18-30-28(34)26-20-33(25-12-4-3-5-13-25)31-27(26)22-11-8-15-29-17-22/h3-13,15,17,20,24H,2,14,16,18-19H2,1H3,(H,30,34). The summed E-state index contributed by atoms with van der Waals surface area (Å²) in [6.07, 6.45) is 7.30. The fourth-order valence-corrected chi connectivity index (χ4v) is 4.64. The number of pyridine rings is 1. The van der Waals surface area contributed by atoms with E-state index in [1.807, 2.05) is 48.7 Å². The summed E-state index contributed by atoms with van der Waals surface area (Å²) in [6, 6.07) is 22.6. The number of rotatable bonds is 7. The van der Waals surface area contributed by atoms with Crippen molar-refractivity contribution in [1.82, 2.24) is 25.0 Å². The molecule has 0 radical (unpaired) electrons. The molecule has 1 aliphatic rings. The van der Waals surface area contributed by atoms with Crippen molar-refractivity contribution in [1.29, 1.82) is 0 Å². The van der Waals surface area contributed by atoms with Gasteiger partial charge in [-0.2, -0.15) is 5.10 Å². The number of nitrogens with one attached hydrogen (secondary N) is 1. The number of para-hydroxylation sites is 1. The van der Waals surface area contributed by atoms with Gasteiger partial charge < -0.3 is 5.32 Å². The van der Waals surface area contributed by atoms with Gasteiger partial charge in [-0.3, -0.25) is 14.7 Å². The van der Waals surface area contributed by atoms with Crippen LogP contribution in [0.4, 0.5) is 0 Å². The largest absolute Gasteiger partial charge is 0.350 e. The fourth-order valence-electron chi connectivity index (χ4n) is 4.64. The summed E-state index contributed by atoms with van der Waals surface area (Å²) in [7, 11) is 0. The second-order valence-electron chi connectivity index (χ2n) is 8.67. The van der Waals surface area contributed by atoms with Crippen LogP contribution in [-0.4, -0.2) is 44.7 Å². The number of carbonyl (C=O) groups excluding carboxylic acids is 1. The normalized spacial score (nSPS) is 14.4. The third-order valence-electron chi connectivity index (χ3n) is 6.56. The molecule has 172 valence electrons. The van der Waals surface area contributed by atoms with Crippen LogP contribution in [0.1, 0.15) is 34.8 Å². The van der Waals surface area contributed by atoms with E-state index in [0.717, 1.165) is 37.2 Å². The molecule has 1 unspecified atom stereocenters. The Balaban J connectivity index is 1.35. The molecular weight excluding hydrogens is 422 g/mol. The van der Waals surface area contributed by atoms with Gasteiger partial charge in [0.05, 0.1) is 11.3 Å². The lowest BCUT2D eigenvalue weighted by molar-refractivity contribution is 0.0927. The molecule has 4 aromatic rings. The molecule has 6 nitrogen and oxygen atoms in total. The Bertz CT molecular complexity index is 1250. The molecule has 0 fully saturated rings. The van der Waals surface area contributed by atoms with Gasteiger partial charge in [0.25, 0.3) is 5.91 Å². The third-order valence-corrected chi connectivity index (χ3v) is 6.56. The van der Waals surface area contributed by atoms with Crippen molar-refractivity contribution in [3.05, 3.63) is 102 Å². The number of aromatic nitrogens is 3. The van der Waals surface area contributed by atoms with Crippen LogP contribution in [0.25, 0.3) is 16.9 Å². The first-order valence-corrected chi connectivity index (χ1v) is 11.9. The zero-order chi connectivity index (χ0) is 23.3. The van der Waals surface area contributed by atoms with E-state index in [2.05, 4.69) is 46.4 Å². The molecule has 1 aliphatic heterocycles. The number of benzene rings is 2. The zero-order valence-electron chi connectivity index (χ0n) is 19.4. The number of amides is 1. The number of carbonyl (C=O) groups is 1. The minimum atomic E-state index is -0.114. The highest BCUT2D eigenvalue weighted by atomic mass is 16.1. The van der Waals surface area contributed by atoms with Crippen molar-refractivity contribution < 1.29 is 4.79 Å². The lowest BCUT2D eigenvalue weighted by Crippen LogP contribution is -2.45. The fraction of sp³-hybridized carbons (Fsp3) is 0.250. The maximum atomic E-state index is 13.4. The third kappa shape index (κ3) is 4.63. The van der Waals surface area contributed by atoms with Gasteiger partial charge in [0.1, 0.15) is 5.69 Å². The Kier molecular flexibility index (Phi) is 6.49. The monoisotopic (exact) mass is 451 g/mol. The van der Waals surface area contributed by atoms with E-state index in [9.17, 15) is 4.79 Å². The number of nitrogens with zero attached hydrogens (tertiary/aromatic N) is 4. The minimum absolute atomic E-state index is 0.114. The van der Waals surface area contributed by atoms with Gasteiger partial charge in [-0.05, 0) is 48.2 Å². The topological polar surface area (TPSA) is 63.1 Å². The van der Waals surface area contributed by atoms with Crippen molar-refractivity contribution in [3.8, 4) is 16.9 Å². The molecule has 0 saturated heterocycles. The Morgan fingerprint density at radius 1 is 1.03 bits per heavy atom. The Morgan fingerprint density at radius 3 is 2.59 bits per heavy atom. The van der Waals surface area contributed by atoms with Crippen LogP contribution in [0.2, 0.25) is 0 Å². The molecule has 3 heterocycles. The molecule has 2 aromatic carbocycles. The summed E-state index contributed by atoms with van der Waals surface area (Å²) in [5, 5.41) is 7.93. The Labute approximate surface area is 200 Å². The van der Waals surface area contributed by atoms with Crippen LogP contribution in [-0.2, 0) is 13.0 Å². The van der Waals surface area contributed by atoms with Gasteiger partial charge in [0.2, 0.25) is 0 Å². The first kappa shape index (κ1) is 22.0. The zero-order valence-corrected chi connectivity index (χ0v) is 19.4. The lowest BCUT2D eigenvalue weighted by atomic mass is 9.98. The minimum Gasteiger partial charge on any atom is -0.350 e. The van der Waals surface area contributed by atoms with Gasteiger partial charge in [-0.25, -0.2) is 4.68 Å². The first-order valence-electron chi connectivity index (χ1n) is 11.9. The highest BCUT2D eigenvalue weighted by Gasteiger charge is 2.24. The predicted octanol–water partition coefficient (Wildman–Crippen LogP) is 4.50. The van der Waals surface area contributed by atoms with Crippen LogP contribution in [0.15, 0.2) is 85.3 Å². The van der Waals surface area contributed by atoms with E-state index in [1.54, 1.807) is 17.1 Å². The molecule has 5 rings (SSSR count). The van der Waals surface area contributed by atoms with Crippen LogP contribution in [0.3, 0.4) is 0 Å². The Morgan fingerprint density at radius 2 is 1.82 bits per heavy atom. The van der Waals surface area contributed by atoms with Crippen molar-refractivity contribution in [2.24, 2.45) is 0 Å².